The van der Waals surface area contributed by atoms with Crippen LogP contribution in [0.4, 0.5) is 0 Å². The van der Waals surface area contributed by atoms with Gasteiger partial charge in [-0.1, -0.05) is 27.2 Å². The molecule has 0 spiro atoms. The van der Waals surface area contributed by atoms with E-state index in [2.05, 4.69) is 33.8 Å². The number of nitriles is 1. The van der Waals surface area contributed by atoms with Gasteiger partial charge in [-0.25, -0.2) is 0 Å². The second-order valence-electron chi connectivity index (χ2n) is 9.63. The van der Waals surface area contributed by atoms with Gasteiger partial charge in [0.15, 0.2) is 5.76 Å². The van der Waals surface area contributed by atoms with Crippen LogP contribution in [-0.4, -0.2) is 16.5 Å². The molecular formula is C22H27NO3. The maximum absolute atomic E-state index is 11.9. The van der Waals surface area contributed by atoms with E-state index in [-0.39, 0.29) is 22.5 Å². The molecular weight excluding hydrogens is 326 g/mol. The number of hydrogen-bond acceptors (Lipinski definition) is 4. The van der Waals surface area contributed by atoms with E-state index < -0.39 is 11.4 Å². The Balaban J connectivity index is 1.93. The molecule has 0 aromatic rings. The Labute approximate surface area is 155 Å². The summed E-state index contributed by atoms with van der Waals surface area (Å²) in [5, 5.41) is 20.0. The van der Waals surface area contributed by atoms with Gasteiger partial charge in [-0.15, -0.1) is 0 Å². The number of nitrogens with zero attached hydrogens (tertiary/aromatic N) is 1. The van der Waals surface area contributed by atoms with Crippen molar-refractivity contribution in [2.24, 2.45) is 22.7 Å². The summed E-state index contributed by atoms with van der Waals surface area (Å²) in [4.78, 5) is 11.9. The molecule has 2 fully saturated rings. The van der Waals surface area contributed by atoms with Gasteiger partial charge in [0.2, 0.25) is 5.78 Å². The number of aliphatic hydroxyl groups excluding tert-OH is 1. The molecule has 1 heterocycles. The zero-order valence-corrected chi connectivity index (χ0v) is 16.1. The summed E-state index contributed by atoms with van der Waals surface area (Å²) < 4.78 is 6.39. The number of rotatable bonds is 0. The third-order valence-corrected chi connectivity index (χ3v) is 7.58. The van der Waals surface area contributed by atoms with Crippen molar-refractivity contribution in [3.8, 4) is 6.07 Å². The van der Waals surface area contributed by atoms with Crippen LogP contribution in [0.25, 0.3) is 0 Å². The maximum Gasteiger partial charge on any atom is 0.223 e. The molecule has 0 bridgehead atoms. The molecule has 2 saturated carbocycles. The predicted octanol–water partition coefficient (Wildman–Crippen LogP) is 4.75. The van der Waals surface area contributed by atoms with Gasteiger partial charge in [-0.3, -0.25) is 4.79 Å². The van der Waals surface area contributed by atoms with Gasteiger partial charge in [-0.05, 0) is 55.4 Å². The van der Waals surface area contributed by atoms with Gasteiger partial charge in [-0.2, -0.15) is 5.26 Å². The van der Waals surface area contributed by atoms with Gasteiger partial charge in [0, 0.05) is 23.1 Å². The topological polar surface area (TPSA) is 70.3 Å². The molecule has 3 aliphatic carbocycles. The van der Waals surface area contributed by atoms with Gasteiger partial charge >= 0.3 is 0 Å². The molecule has 0 radical (unpaired) electrons. The van der Waals surface area contributed by atoms with E-state index in [1.165, 1.54) is 18.6 Å². The zero-order chi connectivity index (χ0) is 18.9. The lowest BCUT2D eigenvalue weighted by Crippen LogP contribution is -2.60. The van der Waals surface area contributed by atoms with Crippen molar-refractivity contribution in [3.05, 3.63) is 34.8 Å². The van der Waals surface area contributed by atoms with E-state index in [0.717, 1.165) is 25.7 Å². The highest BCUT2D eigenvalue weighted by molar-refractivity contribution is 6.05. The molecule has 0 saturated heterocycles. The minimum atomic E-state index is -0.486. The number of allylic oxidation sites excluding steroid dienone is 2. The maximum atomic E-state index is 11.9. The minimum Gasteiger partial charge on any atom is -0.504 e. The molecule has 138 valence electrons. The van der Waals surface area contributed by atoms with Crippen molar-refractivity contribution in [2.45, 2.75) is 65.4 Å². The van der Waals surface area contributed by atoms with E-state index in [0.29, 0.717) is 22.8 Å². The molecule has 4 atom stereocenters. The van der Waals surface area contributed by atoms with Crippen molar-refractivity contribution in [1.29, 1.82) is 5.26 Å². The standard InChI is InChI=1S/C22H27NO3/c1-20(2)7-5-8-21(3)18(20)6-9-22(4)19(21)14(12-23)13-10-15(24)16(25)11-17(13)26-22/h10-11,18-19,24H,5-9H2,1-4H3/t18-,19+,21-,22-/m0/s1. The van der Waals surface area contributed by atoms with Crippen LogP contribution in [0.1, 0.15) is 59.8 Å². The average molecular weight is 353 g/mol. The van der Waals surface area contributed by atoms with Crippen LogP contribution < -0.4 is 0 Å². The summed E-state index contributed by atoms with van der Waals surface area (Å²) in [5.74, 6) is 0.178. The third-order valence-electron chi connectivity index (χ3n) is 7.58. The molecule has 4 nitrogen and oxygen atoms in total. The minimum absolute atomic E-state index is 0.0245. The number of fused-ring (bicyclic) bond motifs is 4. The van der Waals surface area contributed by atoms with Crippen LogP contribution >= 0.6 is 0 Å². The molecule has 4 aliphatic rings. The average Bonchev–Trinajstić information content (AvgIpc) is 2.53. The smallest absolute Gasteiger partial charge is 0.223 e. The van der Waals surface area contributed by atoms with Crippen molar-refractivity contribution in [2.75, 3.05) is 0 Å². The van der Waals surface area contributed by atoms with Gasteiger partial charge < -0.3 is 9.84 Å². The van der Waals surface area contributed by atoms with Crippen molar-refractivity contribution >= 4 is 5.78 Å². The highest BCUT2D eigenvalue weighted by Gasteiger charge is 2.62. The molecule has 1 N–H and O–H groups in total. The summed E-state index contributed by atoms with van der Waals surface area (Å²) in [6, 6.07) is 2.44. The van der Waals surface area contributed by atoms with Crippen LogP contribution in [0.15, 0.2) is 34.8 Å². The first-order valence-electron chi connectivity index (χ1n) is 9.63. The molecule has 0 unspecified atom stereocenters. The van der Waals surface area contributed by atoms with Crippen LogP contribution in [0.3, 0.4) is 0 Å². The fourth-order valence-electron chi connectivity index (χ4n) is 6.63. The van der Waals surface area contributed by atoms with Crippen molar-refractivity contribution < 1.29 is 14.6 Å². The molecule has 0 aromatic carbocycles. The van der Waals surface area contributed by atoms with Gasteiger partial charge in [0.25, 0.3) is 0 Å². The van der Waals surface area contributed by atoms with E-state index in [1.54, 1.807) is 0 Å². The fourth-order valence-corrected chi connectivity index (χ4v) is 6.63. The van der Waals surface area contributed by atoms with E-state index in [1.807, 2.05) is 0 Å². The number of carbonyl (C=O) groups is 1. The highest BCUT2D eigenvalue weighted by Crippen LogP contribution is 2.66. The van der Waals surface area contributed by atoms with Crippen LogP contribution in [0.5, 0.6) is 0 Å². The molecule has 0 aromatic heterocycles. The Hall–Kier alpha value is -2.02. The van der Waals surface area contributed by atoms with Crippen molar-refractivity contribution in [3.63, 3.8) is 0 Å². The molecule has 4 rings (SSSR count). The van der Waals surface area contributed by atoms with Gasteiger partial charge in [0.1, 0.15) is 11.4 Å². The third kappa shape index (κ3) is 2.16. The van der Waals surface area contributed by atoms with E-state index in [4.69, 9.17) is 4.74 Å². The predicted molar refractivity (Wildman–Crippen MR) is 97.9 cm³/mol. The van der Waals surface area contributed by atoms with Crippen LogP contribution in [-0.2, 0) is 9.53 Å². The summed E-state index contributed by atoms with van der Waals surface area (Å²) in [5.41, 5.74) is 1.01. The summed E-state index contributed by atoms with van der Waals surface area (Å²) in [7, 11) is 0. The van der Waals surface area contributed by atoms with Gasteiger partial charge in [0.05, 0.1) is 6.07 Å². The number of aliphatic hydroxyl groups is 1. The highest BCUT2D eigenvalue weighted by atomic mass is 16.5. The lowest BCUT2D eigenvalue weighted by atomic mass is 9.44. The fraction of sp³-hybridized carbons (Fsp3) is 0.636. The van der Waals surface area contributed by atoms with Crippen molar-refractivity contribution in [1.82, 2.24) is 0 Å². The molecule has 0 amide bonds. The monoisotopic (exact) mass is 353 g/mol. The normalized spacial score (nSPS) is 41.0. The van der Waals surface area contributed by atoms with E-state index >= 15 is 0 Å². The summed E-state index contributed by atoms with van der Waals surface area (Å²) >= 11 is 0. The lowest BCUT2D eigenvalue weighted by molar-refractivity contribution is -0.165. The Morgan fingerprint density at radius 2 is 1.92 bits per heavy atom. The van der Waals surface area contributed by atoms with Crippen LogP contribution in [0, 0.1) is 34.0 Å². The summed E-state index contributed by atoms with van der Waals surface area (Å²) in [6.45, 7) is 9.14. The second-order valence-corrected chi connectivity index (χ2v) is 9.63. The lowest BCUT2D eigenvalue weighted by Gasteiger charge is -2.63. The Morgan fingerprint density at radius 3 is 2.62 bits per heavy atom. The molecule has 1 aliphatic heterocycles. The zero-order valence-electron chi connectivity index (χ0n) is 16.1. The molecule has 4 heteroatoms. The SMILES string of the molecule is CC1(C)CCC[C@]2(C)[C@H]3C(C#N)=C4C=C(O)C(=O)C=C4O[C@@]3(C)CC[C@@H]12. The first-order chi connectivity index (χ1) is 12.1. The Kier molecular flexibility index (Phi) is 3.51. The first-order valence-corrected chi connectivity index (χ1v) is 9.63. The Morgan fingerprint density at radius 1 is 1.19 bits per heavy atom. The number of hydrogen-bond donors (Lipinski definition) is 1. The largest absolute Gasteiger partial charge is 0.504 e. The molecule has 26 heavy (non-hydrogen) atoms. The summed E-state index contributed by atoms with van der Waals surface area (Å²) in [6.07, 6.45) is 8.17. The number of carbonyl (C=O) groups excluding carboxylic acids is 1. The quantitative estimate of drug-likeness (QED) is 0.682. The van der Waals surface area contributed by atoms with Crippen LogP contribution in [0.2, 0.25) is 0 Å². The second kappa shape index (κ2) is 5.25. The number of ketones is 1. The Bertz CT molecular complexity index is 825. The van der Waals surface area contributed by atoms with E-state index in [9.17, 15) is 15.2 Å². The first kappa shape index (κ1) is 17.4. The number of ether oxygens (including phenoxy) is 1.